The summed E-state index contributed by atoms with van der Waals surface area (Å²) in [6.07, 6.45) is 10.5. The van der Waals surface area contributed by atoms with Crippen LogP contribution < -0.4 is 5.32 Å². The van der Waals surface area contributed by atoms with Crippen molar-refractivity contribution in [2.24, 2.45) is 0 Å². The van der Waals surface area contributed by atoms with Gasteiger partial charge in [0, 0.05) is 14.7 Å². The van der Waals surface area contributed by atoms with Crippen LogP contribution >= 0.6 is 27.3 Å². The Morgan fingerprint density at radius 3 is 2.89 bits per heavy atom. The Labute approximate surface area is 123 Å². The van der Waals surface area contributed by atoms with Crippen LogP contribution in [-0.4, -0.2) is 6.54 Å². The fourth-order valence-corrected chi connectivity index (χ4v) is 4.14. The molecule has 0 saturated carbocycles. The highest BCUT2D eigenvalue weighted by molar-refractivity contribution is 9.10. The molecule has 0 aromatic carbocycles. The summed E-state index contributed by atoms with van der Waals surface area (Å²) in [4.78, 5) is 1.44. The van der Waals surface area contributed by atoms with E-state index in [-0.39, 0.29) is 0 Å². The molecular formula is C15H22BrNS. The summed E-state index contributed by atoms with van der Waals surface area (Å²) in [6, 6.07) is 2.70. The molecule has 0 amide bonds. The lowest BCUT2D eigenvalue weighted by molar-refractivity contribution is 0.558. The molecule has 1 nitrogen and oxygen atoms in total. The van der Waals surface area contributed by atoms with Crippen molar-refractivity contribution in [1.82, 2.24) is 5.32 Å². The summed E-state index contributed by atoms with van der Waals surface area (Å²) >= 11 is 5.42. The lowest BCUT2D eigenvalue weighted by Crippen LogP contribution is -2.22. The smallest absolute Gasteiger partial charge is 0.0630 e. The Kier molecular flexibility index (Phi) is 5.93. The topological polar surface area (TPSA) is 12.0 Å². The van der Waals surface area contributed by atoms with Crippen LogP contribution in [0.2, 0.25) is 0 Å². The van der Waals surface area contributed by atoms with E-state index in [2.05, 4.69) is 45.7 Å². The lowest BCUT2D eigenvalue weighted by atomic mass is 9.94. The Balaban J connectivity index is 2.17. The van der Waals surface area contributed by atoms with E-state index in [9.17, 15) is 0 Å². The summed E-state index contributed by atoms with van der Waals surface area (Å²) in [5.74, 6) is 0. The zero-order chi connectivity index (χ0) is 12.8. The summed E-state index contributed by atoms with van der Waals surface area (Å²) in [5.41, 5.74) is 1.60. The van der Waals surface area contributed by atoms with E-state index in [1.807, 2.05) is 11.3 Å². The number of hydrogen-bond acceptors (Lipinski definition) is 2. The van der Waals surface area contributed by atoms with Crippen LogP contribution in [0.5, 0.6) is 0 Å². The molecule has 0 spiro atoms. The first kappa shape index (κ1) is 14.3. The molecule has 100 valence electrons. The Morgan fingerprint density at radius 2 is 2.17 bits per heavy atom. The van der Waals surface area contributed by atoms with Gasteiger partial charge in [-0.05, 0) is 54.2 Å². The molecule has 1 aliphatic carbocycles. The van der Waals surface area contributed by atoms with Crippen LogP contribution in [0.15, 0.2) is 27.6 Å². The first-order valence-corrected chi connectivity index (χ1v) is 8.64. The minimum Gasteiger partial charge on any atom is -0.306 e. The van der Waals surface area contributed by atoms with Crippen molar-refractivity contribution in [1.29, 1.82) is 0 Å². The van der Waals surface area contributed by atoms with Crippen molar-refractivity contribution in [2.75, 3.05) is 6.54 Å². The molecule has 18 heavy (non-hydrogen) atoms. The maximum absolute atomic E-state index is 3.65. The van der Waals surface area contributed by atoms with Crippen molar-refractivity contribution < 1.29 is 0 Å². The van der Waals surface area contributed by atoms with E-state index in [0.29, 0.717) is 6.04 Å². The zero-order valence-electron chi connectivity index (χ0n) is 11.0. The number of allylic oxidation sites excluding steroid dienone is 1. The molecule has 1 aliphatic rings. The Bertz CT molecular complexity index is 397. The van der Waals surface area contributed by atoms with Crippen molar-refractivity contribution >= 4 is 27.3 Å². The van der Waals surface area contributed by atoms with Gasteiger partial charge >= 0.3 is 0 Å². The quantitative estimate of drug-likeness (QED) is 0.726. The van der Waals surface area contributed by atoms with E-state index in [1.165, 1.54) is 47.9 Å². The average molecular weight is 328 g/mol. The molecule has 2 rings (SSSR count). The highest BCUT2D eigenvalue weighted by atomic mass is 79.9. The molecule has 0 radical (unpaired) electrons. The van der Waals surface area contributed by atoms with Crippen molar-refractivity contribution in [2.45, 2.75) is 51.5 Å². The molecule has 1 aromatic rings. The van der Waals surface area contributed by atoms with Crippen molar-refractivity contribution in [3.8, 4) is 0 Å². The summed E-state index contributed by atoms with van der Waals surface area (Å²) < 4.78 is 1.21. The van der Waals surface area contributed by atoms with Gasteiger partial charge in [0.05, 0.1) is 6.04 Å². The third-order valence-electron chi connectivity index (χ3n) is 3.48. The molecule has 0 bridgehead atoms. The average Bonchev–Trinajstić information content (AvgIpc) is 2.73. The minimum absolute atomic E-state index is 0.435. The van der Waals surface area contributed by atoms with Crippen molar-refractivity contribution in [3.63, 3.8) is 0 Å². The molecule has 0 fully saturated rings. The van der Waals surface area contributed by atoms with E-state index in [1.54, 1.807) is 5.57 Å². The van der Waals surface area contributed by atoms with Gasteiger partial charge < -0.3 is 5.32 Å². The fourth-order valence-electron chi connectivity index (χ4n) is 2.58. The van der Waals surface area contributed by atoms with Crippen molar-refractivity contribution in [3.05, 3.63) is 32.4 Å². The predicted octanol–water partition coefficient (Wildman–Crippen LogP) is 5.44. The minimum atomic E-state index is 0.435. The first-order valence-electron chi connectivity index (χ1n) is 6.97. The van der Waals surface area contributed by atoms with Gasteiger partial charge in [-0.15, -0.1) is 11.3 Å². The summed E-state index contributed by atoms with van der Waals surface area (Å²) in [7, 11) is 0. The molecule has 0 saturated heterocycles. The lowest BCUT2D eigenvalue weighted by Gasteiger charge is -2.22. The second kappa shape index (κ2) is 7.46. The zero-order valence-corrected chi connectivity index (χ0v) is 13.4. The van der Waals surface area contributed by atoms with E-state index >= 15 is 0 Å². The maximum atomic E-state index is 3.65. The third-order valence-corrected chi connectivity index (χ3v) is 5.24. The van der Waals surface area contributed by atoms with Gasteiger partial charge in [-0.2, -0.15) is 0 Å². The normalized spacial score (nSPS) is 18.9. The number of rotatable bonds is 4. The number of nitrogens with one attached hydrogen (secondary N) is 1. The summed E-state index contributed by atoms with van der Waals surface area (Å²) in [5, 5.41) is 5.84. The van der Waals surface area contributed by atoms with Gasteiger partial charge in [-0.25, -0.2) is 0 Å². The van der Waals surface area contributed by atoms with Crippen LogP contribution in [0.4, 0.5) is 0 Å². The van der Waals surface area contributed by atoms with E-state index in [4.69, 9.17) is 0 Å². The SMILES string of the molecule is CCNC(C1=CCCCCCC1)c1cc(Br)cs1. The Hall–Kier alpha value is -0.120. The molecule has 1 atom stereocenters. The largest absolute Gasteiger partial charge is 0.306 e. The standard InChI is InChI=1S/C15H22BrNS/c1-2-17-15(14-10-13(16)11-18-14)12-8-6-4-3-5-7-9-12/h8,10-11,15,17H,2-7,9H2,1H3. The molecule has 1 heterocycles. The van der Waals surface area contributed by atoms with Crippen LogP contribution in [-0.2, 0) is 0 Å². The second-order valence-corrected chi connectivity index (χ2v) is 6.75. The highest BCUT2D eigenvalue weighted by Gasteiger charge is 2.17. The van der Waals surface area contributed by atoms with Crippen LogP contribution in [0, 0.1) is 0 Å². The van der Waals surface area contributed by atoms with Crippen LogP contribution in [0.25, 0.3) is 0 Å². The Morgan fingerprint density at radius 1 is 1.33 bits per heavy atom. The molecule has 1 aromatic heterocycles. The van der Waals surface area contributed by atoms with Gasteiger partial charge in [0.25, 0.3) is 0 Å². The third kappa shape index (κ3) is 3.94. The molecule has 1 N–H and O–H groups in total. The van der Waals surface area contributed by atoms with E-state index in [0.717, 1.165) is 6.54 Å². The second-order valence-electron chi connectivity index (χ2n) is 4.89. The fraction of sp³-hybridized carbons (Fsp3) is 0.600. The van der Waals surface area contributed by atoms with Gasteiger partial charge in [-0.3, -0.25) is 0 Å². The molecular weight excluding hydrogens is 306 g/mol. The van der Waals surface area contributed by atoms with E-state index < -0.39 is 0 Å². The summed E-state index contributed by atoms with van der Waals surface area (Å²) in [6.45, 7) is 3.22. The predicted molar refractivity (Wildman–Crippen MR) is 84.2 cm³/mol. The maximum Gasteiger partial charge on any atom is 0.0630 e. The van der Waals surface area contributed by atoms with Crippen LogP contribution in [0.3, 0.4) is 0 Å². The monoisotopic (exact) mass is 327 g/mol. The van der Waals surface area contributed by atoms with Crippen LogP contribution in [0.1, 0.15) is 56.4 Å². The first-order chi connectivity index (χ1) is 8.81. The highest BCUT2D eigenvalue weighted by Crippen LogP contribution is 2.33. The van der Waals surface area contributed by atoms with Gasteiger partial charge in [-0.1, -0.05) is 31.4 Å². The van der Waals surface area contributed by atoms with Gasteiger partial charge in [0.1, 0.15) is 0 Å². The van der Waals surface area contributed by atoms with Gasteiger partial charge in [0.15, 0.2) is 0 Å². The molecule has 3 heteroatoms. The van der Waals surface area contributed by atoms with Gasteiger partial charge in [0.2, 0.25) is 0 Å². The number of thiophene rings is 1. The number of likely N-dealkylation sites (N-methyl/N-ethyl adjacent to an activating group) is 1. The molecule has 1 unspecified atom stereocenters. The molecule has 0 aliphatic heterocycles. The number of hydrogen-bond donors (Lipinski definition) is 1. The number of halogens is 1.